The molecule has 1 aliphatic heterocycles. The number of nitrogens with one attached hydrogen (secondary N) is 3. The Morgan fingerprint density at radius 3 is 2.71 bits per heavy atom. The van der Waals surface area contributed by atoms with Crippen molar-refractivity contribution < 1.29 is 18.3 Å². The van der Waals surface area contributed by atoms with E-state index < -0.39 is 17.7 Å². The van der Waals surface area contributed by atoms with Gasteiger partial charge in [0, 0.05) is 21.3 Å². The molecule has 0 unspecified atom stereocenters. The van der Waals surface area contributed by atoms with Crippen molar-refractivity contribution in [3.05, 3.63) is 101 Å². The molecule has 0 bridgehead atoms. The number of ether oxygens (including phenoxy) is 1. The summed E-state index contributed by atoms with van der Waals surface area (Å²) in [5.74, 6) is -1.04. The van der Waals surface area contributed by atoms with Crippen LogP contribution in [0.4, 0.5) is 20.4 Å². The zero-order valence-electron chi connectivity index (χ0n) is 22.0. The van der Waals surface area contributed by atoms with E-state index in [0.29, 0.717) is 36.7 Å². The molecule has 4 heterocycles. The first-order chi connectivity index (χ1) is 19.9. The van der Waals surface area contributed by atoms with Gasteiger partial charge < -0.3 is 20.7 Å². The van der Waals surface area contributed by atoms with Gasteiger partial charge >= 0.3 is 0 Å². The molecule has 1 aliphatic rings. The van der Waals surface area contributed by atoms with Gasteiger partial charge in [-0.3, -0.25) is 4.79 Å². The molecule has 1 saturated heterocycles. The molecule has 0 spiro atoms. The summed E-state index contributed by atoms with van der Waals surface area (Å²) in [5, 5.41) is 10.5. The Bertz CT molecular complexity index is 1720. The zero-order valence-corrected chi connectivity index (χ0v) is 22.8. The minimum Gasteiger partial charge on any atom is -0.377 e. The Morgan fingerprint density at radius 1 is 1.02 bits per heavy atom. The van der Waals surface area contributed by atoms with Gasteiger partial charge in [-0.15, -0.1) is 11.3 Å². The molecule has 1 fully saturated rings. The van der Waals surface area contributed by atoms with E-state index in [4.69, 9.17) is 4.74 Å². The maximum Gasteiger partial charge on any atom is 0.255 e. The molecule has 5 aromatic rings. The highest BCUT2D eigenvalue weighted by Crippen LogP contribution is 2.32. The molecular weight excluding hydrogens is 546 g/mol. The Morgan fingerprint density at radius 2 is 1.90 bits per heavy atom. The van der Waals surface area contributed by atoms with E-state index in [0.717, 1.165) is 44.2 Å². The van der Waals surface area contributed by atoms with Crippen molar-refractivity contribution in [3.63, 3.8) is 0 Å². The van der Waals surface area contributed by atoms with Crippen LogP contribution >= 0.6 is 11.3 Å². The van der Waals surface area contributed by atoms with Crippen molar-refractivity contribution in [2.24, 2.45) is 0 Å². The smallest absolute Gasteiger partial charge is 0.255 e. The number of fused-ring (bicyclic) bond motifs is 1. The van der Waals surface area contributed by atoms with Crippen molar-refractivity contribution in [2.75, 3.05) is 23.8 Å². The Hall–Kier alpha value is -4.48. The third kappa shape index (κ3) is 5.86. The molecule has 3 aromatic heterocycles. The highest BCUT2D eigenvalue weighted by molar-refractivity contribution is 7.15. The molecule has 41 heavy (non-hydrogen) atoms. The van der Waals surface area contributed by atoms with Gasteiger partial charge in [0.2, 0.25) is 0 Å². The Labute approximate surface area is 238 Å². The van der Waals surface area contributed by atoms with Gasteiger partial charge in [-0.1, -0.05) is 12.1 Å². The third-order valence-electron chi connectivity index (χ3n) is 6.83. The first-order valence-corrected chi connectivity index (χ1v) is 13.9. The van der Waals surface area contributed by atoms with E-state index in [1.165, 1.54) is 6.07 Å². The van der Waals surface area contributed by atoms with Gasteiger partial charge in [0.05, 0.1) is 42.9 Å². The number of anilines is 2. The summed E-state index contributed by atoms with van der Waals surface area (Å²) in [6.45, 7) is 3.51. The van der Waals surface area contributed by atoms with Crippen molar-refractivity contribution in [1.82, 2.24) is 20.3 Å². The highest BCUT2D eigenvalue weighted by Gasteiger charge is 2.20. The molecule has 3 N–H and O–H groups in total. The van der Waals surface area contributed by atoms with E-state index in [9.17, 15) is 13.6 Å². The van der Waals surface area contributed by atoms with Crippen LogP contribution in [-0.2, 0) is 11.3 Å². The normalized spacial score (nSPS) is 13.9. The van der Waals surface area contributed by atoms with Crippen LogP contribution in [0.15, 0.2) is 73.2 Å². The maximum atomic E-state index is 13.7. The van der Waals surface area contributed by atoms with Crippen molar-refractivity contribution >= 4 is 39.8 Å². The van der Waals surface area contributed by atoms with Crippen LogP contribution in [0.2, 0.25) is 0 Å². The fourth-order valence-corrected chi connectivity index (χ4v) is 5.45. The van der Waals surface area contributed by atoms with E-state index in [2.05, 4.69) is 43.0 Å². The summed E-state index contributed by atoms with van der Waals surface area (Å²) >= 11 is 1.64. The van der Waals surface area contributed by atoms with E-state index in [-0.39, 0.29) is 11.9 Å². The van der Waals surface area contributed by atoms with Crippen LogP contribution in [0.5, 0.6) is 0 Å². The van der Waals surface area contributed by atoms with E-state index >= 15 is 0 Å². The third-order valence-corrected chi connectivity index (χ3v) is 7.97. The Kier molecular flexibility index (Phi) is 7.53. The van der Waals surface area contributed by atoms with Crippen LogP contribution in [0.1, 0.15) is 33.8 Å². The van der Waals surface area contributed by atoms with E-state index in [1.807, 2.05) is 18.2 Å². The number of carbonyl (C=O) groups is 1. The summed E-state index contributed by atoms with van der Waals surface area (Å²) in [7, 11) is 0. The number of aromatic nitrogens is 3. The lowest BCUT2D eigenvalue weighted by atomic mass is 10.1. The highest BCUT2D eigenvalue weighted by atomic mass is 32.1. The molecule has 2 aromatic carbocycles. The van der Waals surface area contributed by atoms with Crippen molar-refractivity contribution in [2.45, 2.75) is 25.6 Å². The number of amides is 1. The first kappa shape index (κ1) is 26.7. The molecule has 0 radical (unpaired) electrons. The molecule has 6 rings (SSSR count). The monoisotopic (exact) mass is 572 g/mol. The van der Waals surface area contributed by atoms with Crippen LogP contribution in [0.25, 0.3) is 21.3 Å². The second kappa shape index (κ2) is 11.6. The molecule has 208 valence electrons. The minimum absolute atomic E-state index is 0.254. The average molecular weight is 573 g/mol. The summed E-state index contributed by atoms with van der Waals surface area (Å²) in [6, 6.07) is 16.9. The molecule has 8 nitrogen and oxygen atoms in total. The summed E-state index contributed by atoms with van der Waals surface area (Å²) < 4.78 is 32.2. The van der Waals surface area contributed by atoms with Gasteiger partial charge in [0.15, 0.2) is 11.6 Å². The lowest BCUT2D eigenvalue weighted by Crippen LogP contribution is -2.40. The maximum absolute atomic E-state index is 13.7. The number of rotatable bonds is 9. The van der Waals surface area contributed by atoms with Crippen LogP contribution in [-0.4, -0.2) is 40.1 Å². The van der Waals surface area contributed by atoms with Gasteiger partial charge in [-0.2, -0.15) is 0 Å². The molecular formula is C30H26F2N6O2S. The average Bonchev–Trinajstić information content (AvgIpc) is 3.44. The molecule has 1 amide bonds. The number of carbonyl (C=O) groups excluding carboxylic acids is 1. The van der Waals surface area contributed by atoms with Crippen LogP contribution in [0, 0.1) is 11.6 Å². The van der Waals surface area contributed by atoms with Crippen LogP contribution in [0.3, 0.4) is 0 Å². The zero-order chi connectivity index (χ0) is 28.3. The SMILES string of the molecule is C[C@H](NC(=O)c1cccnc1NCc1ccc(-c2ccc3ncnc(NC4COC4)c3c2)s1)c1ccc(F)c(F)c1. The number of hydrogen-bond donors (Lipinski definition) is 3. The number of pyridine rings is 1. The van der Waals surface area contributed by atoms with E-state index in [1.54, 1.807) is 42.9 Å². The minimum atomic E-state index is -0.958. The second-order valence-electron chi connectivity index (χ2n) is 9.72. The Balaban J connectivity index is 1.14. The molecule has 11 heteroatoms. The standard InChI is InChI=1S/C30H26F2N6O2S/c1-17(18-4-7-24(31)25(32)12-18)37-30(39)22-3-2-10-33-28(22)34-13-21-6-9-27(41-21)19-5-8-26-23(11-19)29(36-16-35-26)38-20-14-40-15-20/h2-12,16-17,20H,13-15H2,1H3,(H,33,34)(H,37,39)(H,35,36,38)/t17-/m0/s1. The molecule has 0 aliphatic carbocycles. The summed E-state index contributed by atoms with van der Waals surface area (Å²) in [6.07, 6.45) is 3.17. The largest absolute Gasteiger partial charge is 0.377 e. The molecule has 0 saturated carbocycles. The fourth-order valence-electron chi connectivity index (χ4n) is 4.51. The predicted molar refractivity (Wildman–Crippen MR) is 155 cm³/mol. The second-order valence-corrected chi connectivity index (χ2v) is 10.9. The predicted octanol–water partition coefficient (Wildman–Crippen LogP) is 5.95. The number of thiophene rings is 1. The van der Waals surface area contributed by atoms with Gasteiger partial charge in [-0.05, 0) is 66.6 Å². The lowest BCUT2D eigenvalue weighted by molar-refractivity contribution is 0.0210. The van der Waals surface area contributed by atoms with Crippen molar-refractivity contribution in [1.29, 1.82) is 0 Å². The van der Waals surface area contributed by atoms with Gasteiger partial charge in [0.1, 0.15) is 18.0 Å². The molecule has 1 atom stereocenters. The first-order valence-electron chi connectivity index (χ1n) is 13.1. The summed E-state index contributed by atoms with van der Waals surface area (Å²) in [5.41, 5.74) is 2.73. The topological polar surface area (TPSA) is 101 Å². The fraction of sp³-hybridized carbons (Fsp3) is 0.200. The van der Waals surface area contributed by atoms with Gasteiger partial charge in [-0.25, -0.2) is 23.7 Å². The lowest BCUT2D eigenvalue weighted by Gasteiger charge is -2.27. The number of hydrogen-bond acceptors (Lipinski definition) is 8. The number of halogens is 2. The van der Waals surface area contributed by atoms with Crippen molar-refractivity contribution in [3.8, 4) is 10.4 Å². The van der Waals surface area contributed by atoms with Crippen LogP contribution < -0.4 is 16.0 Å². The quantitative estimate of drug-likeness (QED) is 0.201. The van der Waals surface area contributed by atoms with Gasteiger partial charge in [0.25, 0.3) is 5.91 Å². The number of nitrogens with zero attached hydrogens (tertiary/aromatic N) is 3. The number of benzene rings is 2. The summed E-state index contributed by atoms with van der Waals surface area (Å²) in [4.78, 5) is 28.4.